The predicted octanol–water partition coefficient (Wildman–Crippen LogP) is 6.60. The second kappa shape index (κ2) is 8.24. The molecule has 5 aromatic rings. The Morgan fingerprint density at radius 2 is 1.06 bits per heavy atom. The number of rotatable bonds is 4. The standard InChI is InChI=1S/C30H26Si2/c1-6-20-12-9-13-23-16-27-28(17-24(20)23)30(32-19(4)5)26-15-22-11-8-7-10-21(22)14-25(26)29(27)31-18(2)3/h1,7-19H,2-5H3. The highest BCUT2D eigenvalue weighted by Crippen LogP contribution is 2.30. The number of terminal acetylenes is 1. The van der Waals surface area contributed by atoms with Crippen LogP contribution in [0.2, 0.25) is 11.1 Å². The van der Waals surface area contributed by atoms with Gasteiger partial charge in [-0.2, -0.15) is 0 Å². The summed E-state index contributed by atoms with van der Waals surface area (Å²) in [6.45, 7) is 9.32. The first kappa shape index (κ1) is 21.0. The van der Waals surface area contributed by atoms with Crippen molar-refractivity contribution in [3.63, 3.8) is 0 Å². The van der Waals surface area contributed by atoms with Gasteiger partial charge in [-0.05, 0) is 83.8 Å². The van der Waals surface area contributed by atoms with Crippen LogP contribution in [-0.2, 0) is 0 Å². The third-order valence-electron chi connectivity index (χ3n) is 6.00. The molecule has 0 saturated carbocycles. The first-order chi connectivity index (χ1) is 15.5. The van der Waals surface area contributed by atoms with E-state index in [1.165, 1.54) is 53.5 Å². The van der Waals surface area contributed by atoms with E-state index in [-0.39, 0.29) is 0 Å². The van der Waals surface area contributed by atoms with E-state index < -0.39 is 0 Å². The Kier molecular flexibility index (Phi) is 5.41. The van der Waals surface area contributed by atoms with Crippen molar-refractivity contribution >= 4 is 72.5 Å². The fourth-order valence-corrected chi connectivity index (χ4v) is 7.30. The van der Waals surface area contributed by atoms with Crippen molar-refractivity contribution in [3.05, 3.63) is 72.3 Å². The molecule has 154 valence electrons. The topological polar surface area (TPSA) is 0 Å². The zero-order valence-corrected chi connectivity index (χ0v) is 21.1. The van der Waals surface area contributed by atoms with Crippen molar-refractivity contribution in [3.8, 4) is 12.3 Å². The third kappa shape index (κ3) is 3.56. The van der Waals surface area contributed by atoms with Crippen molar-refractivity contribution in [2.75, 3.05) is 0 Å². The minimum absolute atomic E-state index is 0.602. The van der Waals surface area contributed by atoms with Gasteiger partial charge >= 0.3 is 0 Å². The van der Waals surface area contributed by atoms with Gasteiger partial charge in [-0.1, -0.05) is 81.1 Å². The molecule has 0 heterocycles. The molecule has 0 unspecified atom stereocenters. The Morgan fingerprint density at radius 3 is 1.56 bits per heavy atom. The molecule has 0 bridgehead atoms. The molecule has 0 aliphatic rings. The van der Waals surface area contributed by atoms with Gasteiger partial charge in [0.1, 0.15) is 0 Å². The van der Waals surface area contributed by atoms with Gasteiger partial charge in [-0.25, -0.2) is 0 Å². The maximum absolute atomic E-state index is 5.88. The zero-order valence-electron chi connectivity index (χ0n) is 19.1. The Morgan fingerprint density at radius 1 is 0.594 bits per heavy atom. The van der Waals surface area contributed by atoms with E-state index >= 15 is 0 Å². The van der Waals surface area contributed by atoms with Gasteiger partial charge in [0, 0.05) is 5.56 Å². The van der Waals surface area contributed by atoms with Gasteiger partial charge in [-0.15, -0.1) is 6.42 Å². The molecule has 5 rings (SSSR count). The van der Waals surface area contributed by atoms with Crippen LogP contribution in [0.25, 0.3) is 43.1 Å². The van der Waals surface area contributed by atoms with Crippen LogP contribution in [0.15, 0.2) is 66.7 Å². The van der Waals surface area contributed by atoms with Crippen LogP contribution in [-0.4, -0.2) is 19.0 Å². The van der Waals surface area contributed by atoms with Gasteiger partial charge in [-0.3, -0.25) is 0 Å². The lowest BCUT2D eigenvalue weighted by atomic mass is 9.95. The van der Waals surface area contributed by atoms with E-state index in [2.05, 4.69) is 100 Å². The molecule has 0 atom stereocenters. The molecule has 0 amide bonds. The molecule has 2 heteroatoms. The summed E-state index contributed by atoms with van der Waals surface area (Å²) in [5.74, 6) is 2.91. The van der Waals surface area contributed by atoms with Crippen molar-refractivity contribution < 1.29 is 0 Å². The summed E-state index contributed by atoms with van der Waals surface area (Å²) >= 11 is 0. The third-order valence-corrected chi connectivity index (χ3v) is 8.81. The highest BCUT2D eigenvalue weighted by molar-refractivity contribution is 6.68. The molecule has 0 N–H and O–H groups in total. The van der Waals surface area contributed by atoms with E-state index in [0.29, 0.717) is 11.1 Å². The summed E-state index contributed by atoms with van der Waals surface area (Å²) in [5.41, 5.74) is 2.19. The van der Waals surface area contributed by atoms with E-state index in [1.807, 2.05) is 0 Å². The van der Waals surface area contributed by atoms with Crippen LogP contribution in [0.4, 0.5) is 0 Å². The first-order valence-electron chi connectivity index (χ1n) is 11.3. The first-order valence-corrected chi connectivity index (χ1v) is 13.5. The zero-order chi connectivity index (χ0) is 22.4. The van der Waals surface area contributed by atoms with Gasteiger partial charge in [0.15, 0.2) is 0 Å². The Hall–Kier alpha value is -2.87. The van der Waals surface area contributed by atoms with Crippen LogP contribution in [0.5, 0.6) is 0 Å². The minimum atomic E-state index is 0.602. The second-order valence-electron chi connectivity index (χ2n) is 9.16. The molecule has 0 nitrogen and oxygen atoms in total. The maximum Gasteiger partial charge on any atom is 0.0854 e. The second-order valence-corrected chi connectivity index (χ2v) is 13.0. The lowest BCUT2D eigenvalue weighted by Crippen LogP contribution is -2.27. The molecular formula is C30H26Si2. The lowest BCUT2D eigenvalue weighted by Gasteiger charge is -2.20. The molecule has 0 fully saturated rings. The highest BCUT2D eigenvalue weighted by atomic mass is 28.2. The summed E-state index contributed by atoms with van der Waals surface area (Å²) in [4.78, 5) is 0. The quantitative estimate of drug-likeness (QED) is 0.167. The van der Waals surface area contributed by atoms with E-state index in [4.69, 9.17) is 6.42 Å². The Bertz CT molecular complexity index is 1530. The summed E-state index contributed by atoms with van der Waals surface area (Å²) in [5, 5.41) is 13.7. The van der Waals surface area contributed by atoms with Crippen molar-refractivity contribution in [1.29, 1.82) is 0 Å². The van der Waals surface area contributed by atoms with E-state index in [1.54, 1.807) is 0 Å². The van der Waals surface area contributed by atoms with Gasteiger partial charge < -0.3 is 0 Å². The van der Waals surface area contributed by atoms with Crippen LogP contribution < -0.4 is 10.4 Å². The monoisotopic (exact) mass is 442 g/mol. The normalized spacial score (nSPS) is 11.9. The molecule has 32 heavy (non-hydrogen) atoms. The lowest BCUT2D eigenvalue weighted by molar-refractivity contribution is 1.07. The summed E-state index contributed by atoms with van der Waals surface area (Å²) < 4.78 is 0. The van der Waals surface area contributed by atoms with Crippen LogP contribution in [0.3, 0.4) is 0 Å². The average Bonchev–Trinajstić information content (AvgIpc) is 2.78. The highest BCUT2D eigenvalue weighted by Gasteiger charge is 2.18. The fourth-order valence-electron chi connectivity index (χ4n) is 4.70. The largest absolute Gasteiger partial charge is 0.115 e. The van der Waals surface area contributed by atoms with E-state index in [9.17, 15) is 0 Å². The van der Waals surface area contributed by atoms with Gasteiger partial charge in [0.25, 0.3) is 0 Å². The van der Waals surface area contributed by atoms with Gasteiger partial charge in [0.2, 0.25) is 0 Å². The smallest absolute Gasteiger partial charge is 0.0854 e. The van der Waals surface area contributed by atoms with E-state index in [0.717, 1.165) is 24.6 Å². The van der Waals surface area contributed by atoms with Crippen molar-refractivity contribution in [2.24, 2.45) is 0 Å². The average molecular weight is 443 g/mol. The number of benzene rings is 5. The van der Waals surface area contributed by atoms with Gasteiger partial charge in [0.05, 0.1) is 19.0 Å². The van der Waals surface area contributed by atoms with Crippen molar-refractivity contribution in [2.45, 2.75) is 38.8 Å². The Balaban J connectivity index is 2.03. The number of hydrogen-bond donors (Lipinski definition) is 0. The Labute approximate surface area is 195 Å². The van der Waals surface area contributed by atoms with Crippen LogP contribution in [0, 0.1) is 12.3 Å². The predicted molar refractivity (Wildman–Crippen MR) is 145 cm³/mol. The SMILES string of the molecule is C#Cc1cccc2cc3c([Si]C(C)C)c4cc5ccccc5cc4c([Si]C(C)C)c3cc12. The molecule has 0 aromatic heterocycles. The van der Waals surface area contributed by atoms with Crippen LogP contribution in [0.1, 0.15) is 33.3 Å². The molecular weight excluding hydrogens is 417 g/mol. The summed E-state index contributed by atoms with van der Waals surface area (Å²) in [6, 6.07) is 24.8. The molecule has 0 spiro atoms. The molecule has 4 radical (unpaired) electrons. The summed E-state index contributed by atoms with van der Waals surface area (Å²) in [7, 11) is 1.52. The molecule has 0 saturated heterocycles. The van der Waals surface area contributed by atoms with Crippen LogP contribution >= 0.6 is 0 Å². The fraction of sp³-hybridized carbons (Fsp3) is 0.200. The number of fused-ring (bicyclic) bond motifs is 4. The minimum Gasteiger partial charge on any atom is -0.115 e. The molecule has 0 aliphatic heterocycles. The molecule has 5 aromatic carbocycles. The molecule has 0 aliphatic carbocycles. The maximum atomic E-state index is 5.88. The number of hydrogen-bond acceptors (Lipinski definition) is 0. The van der Waals surface area contributed by atoms with Crippen molar-refractivity contribution in [1.82, 2.24) is 0 Å². The summed E-state index contributed by atoms with van der Waals surface area (Å²) in [6.07, 6.45) is 5.88.